The maximum Gasteiger partial charge on any atom is 0.317 e. The fourth-order valence-corrected chi connectivity index (χ4v) is 2.03. The Bertz CT molecular complexity index is 260. The molecule has 0 aliphatic carbocycles. The van der Waals surface area contributed by atoms with Gasteiger partial charge in [-0.05, 0) is 19.3 Å². The highest BCUT2D eigenvalue weighted by Crippen LogP contribution is 2.17. The average molecular weight is 241 g/mol. The predicted molar refractivity (Wildman–Crippen MR) is 66.7 cm³/mol. The molecule has 0 aromatic heterocycles. The normalized spacial score (nSPS) is 16.7. The molecular weight excluding hydrogens is 218 g/mol. The van der Waals surface area contributed by atoms with Crippen molar-refractivity contribution in [1.82, 2.24) is 15.5 Å². The van der Waals surface area contributed by atoms with Crippen molar-refractivity contribution in [3.05, 3.63) is 0 Å². The first kappa shape index (κ1) is 13.8. The molecule has 1 aliphatic rings. The molecule has 1 fully saturated rings. The molecule has 98 valence electrons. The number of hydrogen-bond donors (Lipinski definition) is 2. The number of piperidine rings is 1. The molecule has 0 aromatic carbocycles. The van der Waals surface area contributed by atoms with Crippen LogP contribution in [0.3, 0.4) is 0 Å². The lowest BCUT2D eigenvalue weighted by atomic mass is 9.96. The number of urea groups is 1. The summed E-state index contributed by atoms with van der Waals surface area (Å²) in [4.78, 5) is 25.0. The highest BCUT2D eigenvalue weighted by molar-refractivity contribution is 5.79. The zero-order chi connectivity index (χ0) is 12.7. The van der Waals surface area contributed by atoms with Gasteiger partial charge in [0.2, 0.25) is 5.91 Å². The number of amides is 3. The first-order valence-corrected chi connectivity index (χ1v) is 6.43. The standard InChI is InChI=1S/C12H23N3O2/c1-3-4-7-14-12(17)15-8-5-10(6-9-15)11(16)13-2/h10H,3-9H2,1-2H3,(H,13,16)(H,14,17). The van der Waals surface area contributed by atoms with E-state index in [1.54, 1.807) is 11.9 Å². The third-order valence-electron chi connectivity index (χ3n) is 3.21. The first-order valence-electron chi connectivity index (χ1n) is 6.43. The molecule has 17 heavy (non-hydrogen) atoms. The third kappa shape index (κ3) is 4.24. The van der Waals surface area contributed by atoms with Crippen LogP contribution in [-0.2, 0) is 4.79 Å². The summed E-state index contributed by atoms with van der Waals surface area (Å²) in [6.07, 6.45) is 3.63. The van der Waals surface area contributed by atoms with E-state index in [0.29, 0.717) is 13.1 Å². The topological polar surface area (TPSA) is 61.4 Å². The predicted octanol–water partition coefficient (Wildman–Crippen LogP) is 0.954. The minimum atomic E-state index is 0.00815. The maximum atomic E-state index is 11.7. The molecule has 0 atom stereocenters. The summed E-state index contributed by atoms with van der Waals surface area (Å²) < 4.78 is 0. The second kappa shape index (κ2) is 7.14. The highest BCUT2D eigenvalue weighted by Gasteiger charge is 2.26. The van der Waals surface area contributed by atoms with E-state index < -0.39 is 0 Å². The SMILES string of the molecule is CCCCNC(=O)N1CCC(C(=O)NC)CC1. The molecule has 1 rings (SSSR count). The van der Waals surface area contributed by atoms with Crippen LogP contribution in [-0.4, -0.2) is 43.5 Å². The number of carbonyl (C=O) groups excluding carboxylic acids is 2. The second-order valence-electron chi connectivity index (χ2n) is 4.46. The largest absolute Gasteiger partial charge is 0.359 e. The molecule has 0 bridgehead atoms. The number of hydrogen-bond acceptors (Lipinski definition) is 2. The monoisotopic (exact) mass is 241 g/mol. The van der Waals surface area contributed by atoms with Crippen LogP contribution >= 0.6 is 0 Å². The van der Waals surface area contributed by atoms with Crippen LogP contribution in [0.1, 0.15) is 32.6 Å². The van der Waals surface area contributed by atoms with E-state index in [1.165, 1.54) is 0 Å². The van der Waals surface area contributed by atoms with E-state index in [1.807, 2.05) is 0 Å². The van der Waals surface area contributed by atoms with Gasteiger partial charge >= 0.3 is 6.03 Å². The Hall–Kier alpha value is -1.26. The smallest absolute Gasteiger partial charge is 0.317 e. The van der Waals surface area contributed by atoms with Gasteiger partial charge in [-0.3, -0.25) is 4.79 Å². The van der Waals surface area contributed by atoms with Gasteiger partial charge in [0.25, 0.3) is 0 Å². The third-order valence-corrected chi connectivity index (χ3v) is 3.21. The molecular formula is C12H23N3O2. The summed E-state index contributed by atoms with van der Waals surface area (Å²) in [7, 11) is 1.66. The summed E-state index contributed by atoms with van der Waals surface area (Å²) in [6, 6.07) is 0.00815. The summed E-state index contributed by atoms with van der Waals surface area (Å²) in [5.74, 6) is 0.163. The molecule has 0 radical (unpaired) electrons. The second-order valence-corrected chi connectivity index (χ2v) is 4.46. The van der Waals surface area contributed by atoms with Crippen molar-refractivity contribution in [2.24, 2.45) is 5.92 Å². The molecule has 0 aromatic rings. The van der Waals surface area contributed by atoms with Crippen LogP contribution in [0.2, 0.25) is 0 Å². The number of likely N-dealkylation sites (tertiary alicyclic amines) is 1. The minimum absolute atomic E-state index is 0.00815. The van der Waals surface area contributed by atoms with Crippen LogP contribution in [0.25, 0.3) is 0 Å². The van der Waals surface area contributed by atoms with Gasteiger partial charge in [-0.1, -0.05) is 13.3 Å². The quantitative estimate of drug-likeness (QED) is 0.720. The molecule has 1 heterocycles. The Kier molecular flexibility index (Phi) is 5.80. The van der Waals surface area contributed by atoms with Gasteiger partial charge in [-0.15, -0.1) is 0 Å². The molecule has 0 saturated carbocycles. The highest BCUT2D eigenvalue weighted by atomic mass is 16.2. The lowest BCUT2D eigenvalue weighted by Gasteiger charge is -2.31. The molecule has 1 saturated heterocycles. The van der Waals surface area contributed by atoms with E-state index in [4.69, 9.17) is 0 Å². The number of rotatable bonds is 4. The van der Waals surface area contributed by atoms with Crippen LogP contribution in [0, 0.1) is 5.92 Å². The number of carbonyl (C=O) groups is 2. The summed E-state index contributed by atoms with van der Waals surface area (Å²) in [5.41, 5.74) is 0. The lowest BCUT2D eigenvalue weighted by molar-refractivity contribution is -0.125. The van der Waals surface area contributed by atoms with Gasteiger partial charge in [0.05, 0.1) is 0 Å². The molecule has 5 nitrogen and oxygen atoms in total. The van der Waals surface area contributed by atoms with Crippen molar-refractivity contribution >= 4 is 11.9 Å². The zero-order valence-corrected chi connectivity index (χ0v) is 10.8. The van der Waals surface area contributed by atoms with E-state index in [-0.39, 0.29) is 17.9 Å². The van der Waals surface area contributed by atoms with Crippen molar-refractivity contribution in [2.75, 3.05) is 26.7 Å². The van der Waals surface area contributed by atoms with Crippen molar-refractivity contribution in [3.63, 3.8) is 0 Å². The molecule has 0 spiro atoms. The van der Waals surface area contributed by atoms with Crippen LogP contribution in [0.15, 0.2) is 0 Å². The number of nitrogens with one attached hydrogen (secondary N) is 2. The van der Waals surface area contributed by atoms with Gasteiger partial charge < -0.3 is 15.5 Å². The van der Waals surface area contributed by atoms with E-state index in [0.717, 1.165) is 32.2 Å². The zero-order valence-electron chi connectivity index (χ0n) is 10.8. The Balaban J connectivity index is 2.26. The van der Waals surface area contributed by atoms with Crippen LogP contribution < -0.4 is 10.6 Å². The van der Waals surface area contributed by atoms with E-state index in [9.17, 15) is 9.59 Å². The Labute approximate surface area is 103 Å². The lowest BCUT2D eigenvalue weighted by Crippen LogP contribution is -2.46. The summed E-state index contributed by atoms with van der Waals surface area (Å²) >= 11 is 0. The van der Waals surface area contributed by atoms with E-state index >= 15 is 0 Å². The molecule has 2 N–H and O–H groups in total. The minimum Gasteiger partial charge on any atom is -0.359 e. The summed E-state index contributed by atoms with van der Waals surface area (Å²) in [6.45, 7) is 4.19. The fraction of sp³-hybridized carbons (Fsp3) is 0.833. The number of unbranched alkanes of at least 4 members (excludes halogenated alkanes) is 1. The van der Waals surface area contributed by atoms with Crippen LogP contribution in [0.5, 0.6) is 0 Å². The maximum absolute atomic E-state index is 11.7. The van der Waals surface area contributed by atoms with Crippen molar-refractivity contribution in [1.29, 1.82) is 0 Å². The molecule has 1 aliphatic heterocycles. The Morgan fingerprint density at radius 3 is 2.47 bits per heavy atom. The van der Waals surface area contributed by atoms with Gasteiger partial charge in [0.1, 0.15) is 0 Å². The van der Waals surface area contributed by atoms with Crippen LogP contribution in [0.4, 0.5) is 4.79 Å². The number of nitrogens with zero attached hydrogens (tertiary/aromatic N) is 1. The van der Waals surface area contributed by atoms with Gasteiger partial charge in [-0.25, -0.2) is 4.79 Å². The van der Waals surface area contributed by atoms with E-state index in [2.05, 4.69) is 17.6 Å². The van der Waals surface area contributed by atoms with Crippen molar-refractivity contribution in [3.8, 4) is 0 Å². The van der Waals surface area contributed by atoms with Crippen molar-refractivity contribution < 1.29 is 9.59 Å². The molecule has 0 unspecified atom stereocenters. The Morgan fingerprint density at radius 2 is 1.94 bits per heavy atom. The fourth-order valence-electron chi connectivity index (χ4n) is 2.03. The molecule has 3 amide bonds. The molecule has 5 heteroatoms. The summed E-state index contributed by atoms with van der Waals surface area (Å²) in [5, 5.41) is 5.56. The first-order chi connectivity index (χ1) is 8.19. The average Bonchev–Trinajstić information content (AvgIpc) is 2.38. The van der Waals surface area contributed by atoms with Crippen molar-refractivity contribution in [2.45, 2.75) is 32.6 Å². The van der Waals surface area contributed by atoms with Gasteiger partial charge in [0, 0.05) is 32.6 Å². The van der Waals surface area contributed by atoms with Gasteiger partial charge in [-0.2, -0.15) is 0 Å². The van der Waals surface area contributed by atoms with Gasteiger partial charge in [0.15, 0.2) is 0 Å². The Morgan fingerprint density at radius 1 is 1.29 bits per heavy atom.